The Balaban J connectivity index is 5.14. The standard InChI is InChI=1S/C10H15F3NO2/c1-3-5-14(6-7-15,9(16)4-2)8-10(11,12)13/h3-4,15H,1-2,5-8H2/q+1/t14-/m1/s1. The van der Waals surface area contributed by atoms with Gasteiger partial charge in [0.15, 0.2) is 6.54 Å². The van der Waals surface area contributed by atoms with Crippen molar-refractivity contribution in [2.45, 2.75) is 6.18 Å². The van der Waals surface area contributed by atoms with Crippen LogP contribution in [0.3, 0.4) is 0 Å². The van der Waals surface area contributed by atoms with Crippen LogP contribution >= 0.6 is 0 Å². The highest BCUT2D eigenvalue weighted by molar-refractivity contribution is 5.80. The molecule has 0 saturated heterocycles. The summed E-state index contributed by atoms with van der Waals surface area (Å²) in [6.07, 6.45) is -2.43. The molecule has 3 nitrogen and oxygen atoms in total. The molecule has 0 aliphatic heterocycles. The number of nitrogens with zero attached hydrogens (tertiary/aromatic N) is 1. The zero-order chi connectivity index (χ0) is 12.8. The molecule has 16 heavy (non-hydrogen) atoms. The maximum atomic E-state index is 12.4. The van der Waals surface area contributed by atoms with Gasteiger partial charge in [-0.05, 0) is 6.08 Å². The summed E-state index contributed by atoms with van der Waals surface area (Å²) in [5.41, 5.74) is 0. The molecule has 0 aromatic heterocycles. The molecule has 1 atom stereocenters. The van der Waals surface area contributed by atoms with Gasteiger partial charge in [-0.25, -0.2) is 9.28 Å². The Bertz CT molecular complexity index is 276. The molecule has 0 fully saturated rings. The van der Waals surface area contributed by atoms with Crippen molar-refractivity contribution >= 4 is 5.91 Å². The van der Waals surface area contributed by atoms with E-state index < -0.39 is 29.7 Å². The van der Waals surface area contributed by atoms with Crippen molar-refractivity contribution in [2.75, 3.05) is 26.2 Å². The van der Waals surface area contributed by atoms with Gasteiger partial charge in [-0.15, -0.1) is 0 Å². The highest BCUT2D eigenvalue weighted by Crippen LogP contribution is 2.22. The van der Waals surface area contributed by atoms with Crippen molar-refractivity contribution in [2.24, 2.45) is 0 Å². The fourth-order valence-corrected chi connectivity index (χ4v) is 1.49. The lowest BCUT2D eigenvalue weighted by atomic mass is 10.3. The lowest BCUT2D eigenvalue weighted by Crippen LogP contribution is -2.58. The van der Waals surface area contributed by atoms with Crippen molar-refractivity contribution in [3.05, 3.63) is 25.3 Å². The summed E-state index contributed by atoms with van der Waals surface area (Å²) in [5, 5.41) is 8.77. The van der Waals surface area contributed by atoms with E-state index in [-0.39, 0.29) is 13.1 Å². The SMILES string of the molecule is C=CC[N@@+](CCO)(CC(F)(F)F)C(=O)C=C. The number of amides is 1. The molecular weight excluding hydrogens is 223 g/mol. The lowest BCUT2D eigenvalue weighted by molar-refractivity contribution is -0.858. The summed E-state index contributed by atoms with van der Waals surface area (Å²) in [6.45, 7) is 4.16. The molecule has 0 rings (SSSR count). The Labute approximate surface area is 92.1 Å². The summed E-state index contributed by atoms with van der Waals surface area (Å²) >= 11 is 0. The van der Waals surface area contributed by atoms with E-state index in [1.54, 1.807) is 0 Å². The van der Waals surface area contributed by atoms with Gasteiger partial charge in [0, 0.05) is 6.08 Å². The van der Waals surface area contributed by atoms with Gasteiger partial charge in [-0.1, -0.05) is 13.2 Å². The number of carbonyl (C=O) groups is 1. The van der Waals surface area contributed by atoms with Crippen LogP contribution in [-0.2, 0) is 4.79 Å². The van der Waals surface area contributed by atoms with E-state index in [4.69, 9.17) is 5.11 Å². The molecule has 1 N–H and O–H groups in total. The van der Waals surface area contributed by atoms with Crippen LogP contribution in [0.4, 0.5) is 13.2 Å². The van der Waals surface area contributed by atoms with E-state index in [9.17, 15) is 18.0 Å². The second-order valence-corrected chi connectivity index (χ2v) is 3.38. The highest BCUT2D eigenvalue weighted by atomic mass is 19.4. The average Bonchev–Trinajstić information content (AvgIpc) is 2.14. The van der Waals surface area contributed by atoms with E-state index in [0.29, 0.717) is 0 Å². The number of alkyl halides is 3. The van der Waals surface area contributed by atoms with Gasteiger partial charge in [0.05, 0.1) is 6.61 Å². The summed E-state index contributed by atoms with van der Waals surface area (Å²) in [5.74, 6) is -0.772. The predicted octanol–water partition coefficient (Wildman–Crippen LogP) is 1.26. The fourth-order valence-electron chi connectivity index (χ4n) is 1.49. The monoisotopic (exact) mass is 238 g/mol. The molecule has 0 aliphatic rings. The number of quaternary nitrogens is 1. The minimum Gasteiger partial charge on any atom is -0.390 e. The van der Waals surface area contributed by atoms with Crippen molar-refractivity contribution < 1.29 is 27.6 Å². The molecule has 1 amide bonds. The predicted molar refractivity (Wildman–Crippen MR) is 53.4 cm³/mol. The average molecular weight is 238 g/mol. The molecule has 0 bridgehead atoms. The summed E-state index contributed by atoms with van der Waals surface area (Å²) in [7, 11) is 0. The molecule has 0 aromatic rings. The quantitative estimate of drug-likeness (QED) is 0.429. The van der Waals surface area contributed by atoms with Crippen LogP contribution in [0.1, 0.15) is 0 Å². The number of carbonyl (C=O) groups excluding carboxylic acids is 1. The zero-order valence-corrected chi connectivity index (χ0v) is 8.83. The molecule has 0 radical (unpaired) electrons. The molecule has 0 spiro atoms. The fraction of sp³-hybridized carbons (Fsp3) is 0.500. The van der Waals surface area contributed by atoms with Crippen LogP contribution in [0, 0.1) is 0 Å². The first-order valence-corrected chi connectivity index (χ1v) is 4.63. The molecular formula is C10H15F3NO2+. The Morgan fingerprint density at radius 2 is 1.94 bits per heavy atom. The first kappa shape index (κ1) is 14.9. The lowest BCUT2D eigenvalue weighted by Gasteiger charge is -2.33. The van der Waals surface area contributed by atoms with Gasteiger partial charge >= 0.3 is 12.1 Å². The van der Waals surface area contributed by atoms with Gasteiger partial charge in [-0.3, -0.25) is 0 Å². The van der Waals surface area contributed by atoms with Crippen molar-refractivity contribution in [1.29, 1.82) is 0 Å². The van der Waals surface area contributed by atoms with Gasteiger partial charge in [0.2, 0.25) is 0 Å². The number of aliphatic hydroxyl groups excluding tert-OH is 1. The number of rotatable bonds is 6. The Kier molecular flexibility index (Phi) is 5.40. The van der Waals surface area contributed by atoms with E-state index in [1.165, 1.54) is 6.08 Å². The largest absolute Gasteiger partial charge is 0.438 e. The molecule has 0 aliphatic carbocycles. The second kappa shape index (κ2) is 5.81. The Morgan fingerprint density at radius 3 is 2.25 bits per heavy atom. The van der Waals surface area contributed by atoms with Crippen LogP contribution < -0.4 is 0 Å². The molecule has 92 valence electrons. The maximum Gasteiger partial charge on any atom is 0.438 e. The van der Waals surface area contributed by atoms with Crippen molar-refractivity contribution in [1.82, 2.24) is 0 Å². The number of hydrogen-bond acceptors (Lipinski definition) is 2. The third-order valence-corrected chi connectivity index (χ3v) is 2.13. The van der Waals surface area contributed by atoms with Crippen LogP contribution in [-0.4, -0.2) is 47.9 Å². The van der Waals surface area contributed by atoms with Crippen molar-refractivity contribution in [3.8, 4) is 0 Å². The smallest absolute Gasteiger partial charge is 0.390 e. The molecule has 0 aromatic carbocycles. The van der Waals surface area contributed by atoms with Crippen LogP contribution in [0.25, 0.3) is 0 Å². The molecule has 0 saturated carbocycles. The van der Waals surface area contributed by atoms with Gasteiger partial charge in [0.1, 0.15) is 13.1 Å². The van der Waals surface area contributed by atoms with Gasteiger partial charge < -0.3 is 5.11 Å². The van der Waals surface area contributed by atoms with Gasteiger partial charge in [-0.2, -0.15) is 13.2 Å². The van der Waals surface area contributed by atoms with Crippen molar-refractivity contribution in [3.63, 3.8) is 0 Å². The van der Waals surface area contributed by atoms with E-state index in [1.807, 2.05) is 0 Å². The minimum atomic E-state index is -4.49. The highest BCUT2D eigenvalue weighted by Gasteiger charge is 2.45. The van der Waals surface area contributed by atoms with E-state index in [2.05, 4.69) is 13.2 Å². The Morgan fingerprint density at radius 1 is 1.38 bits per heavy atom. The normalized spacial score (nSPS) is 15.2. The van der Waals surface area contributed by atoms with Crippen LogP contribution in [0.15, 0.2) is 25.3 Å². The minimum absolute atomic E-state index is 0.190. The zero-order valence-electron chi connectivity index (χ0n) is 8.83. The molecule has 6 heteroatoms. The van der Waals surface area contributed by atoms with Gasteiger partial charge in [0.25, 0.3) is 0 Å². The van der Waals surface area contributed by atoms with E-state index >= 15 is 0 Å². The Hall–Kier alpha value is -1.14. The topological polar surface area (TPSA) is 37.3 Å². The third kappa shape index (κ3) is 4.16. The number of aliphatic hydroxyl groups is 1. The summed E-state index contributed by atoms with van der Waals surface area (Å²) < 4.78 is 36.2. The van der Waals surface area contributed by atoms with Crippen LogP contribution in [0.2, 0.25) is 0 Å². The number of hydrogen-bond donors (Lipinski definition) is 1. The molecule has 0 heterocycles. The third-order valence-electron chi connectivity index (χ3n) is 2.13. The number of halogens is 3. The maximum absolute atomic E-state index is 12.4. The molecule has 0 unspecified atom stereocenters. The first-order valence-electron chi connectivity index (χ1n) is 4.63. The summed E-state index contributed by atoms with van der Waals surface area (Å²) in [4.78, 5) is 11.5. The first-order chi connectivity index (χ1) is 7.31. The second-order valence-electron chi connectivity index (χ2n) is 3.38. The summed E-state index contributed by atoms with van der Waals surface area (Å²) in [6, 6.07) is 0. The van der Waals surface area contributed by atoms with E-state index in [0.717, 1.165) is 6.08 Å². The van der Waals surface area contributed by atoms with Crippen LogP contribution in [0.5, 0.6) is 0 Å².